The Morgan fingerprint density at radius 3 is 0.868 bits per heavy atom. The third-order valence-electron chi connectivity index (χ3n) is 8.49. The van der Waals surface area contributed by atoms with Crippen LogP contribution in [0.25, 0.3) is 11.1 Å². The minimum Gasteiger partial charge on any atom is -1.00 e. The second-order valence-electron chi connectivity index (χ2n) is 11.6. The van der Waals surface area contributed by atoms with Crippen molar-refractivity contribution in [2.75, 3.05) is 13.6 Å². The van der Waals surface area contributed by atoms with Gasteiger partial charge in [0.1, 0.15) is 0 Å². The molecule has 0 saturated heterocycles. The molecule has 4 nitrogen and oxygen atoms in total. The van der Waals surface area contributed by atoms with Crippen LogP contribution >= 0.6 is 15.8 Å². The number of rotatable bonds is 7. The van der Waals surface area contributed by atoms with Gasteiger partial charge >= 0.3 is 19.5 Å². The van der Waals surface area contributed by atoms with Gasteiger partial charge in [-0.15, -0.1) is 0 Å². The summed E-state index contributed by atoms with van der Waals surface area (Å²) in [6, 6.07) is 63.6. The average molecular weight is 861 g/mol. The van der Waals surface area contributed by atoms with Gasteiger partial charge in [0.05, 0.1) is 0 Å². The molecule has 0 aromatic heterocycles. The molecule has 7 aromatic carbocycles. The minimum atomic E-state index is -0.968. The second kappa shape index (κ2) is 19.2. The molecule has 7 aromatic rings. The summed E-state index contributed by atoms with van der Waals surface area (Å²) >= 11 is 0. The van der Waals surface area contributed by atoms with E-state index in [0.717, 1.165) is 34.1 Å². The predicted octanol–water partition coefficient (Wildman–Crippen LogP) is 2.02. The zero-order valence-corrected chi connectivity index (χ0v) is 33.4. The molecule has 0 amide bonds. The van der Waals surface area contributed by atoms with Crippen LogP contribution in [0.15, 0.2) is 182 Å². The minimum absolute atomic E-state index is 0. The van der Waals surface area contributed by atoms with Gasteiger partial charge in [-0.1, -0.05) is 158 Å². The van der Waals surface area contributed by atoms with Crippen molar-refractivity contribution in [3.8, 4) is 34.1 Å². The monoisotopic (exact) mass is 860 g/mol. The number of ether oxygens (including phenoxy) is 4. The van der Waals surface area contributed by atoms with Crippen LogP contribution in [0.1, 0.15) is 0 Å². The van der Waals surface area contributed by atoms with Crippen LogP contribution in [0.5, 0.6) is 23.0 Å². The maximum absolute atomic E-state index is 6.35. The van der Waals surface area contributed by atoms with Gasteiger partial charge in [0.15, 0.2) is 23.0 Å². The van der Waals surface area contributed by atoms with Crippen molar-refractivity contribution in [2.24, 2.45) is 0 Å². The van der Waals surface area contributed by atoms with Gasteiger partial charge in [-0.2, -0.15) is 0 Å². The Hall–Kier alpha value is -4.20. The summed E-state index contributed by atoms with van der Waals surface area (Å²) in [5, 5.41) is 7.40. The van der Waals surface area contributed by atoms with Gasteiger partial charge in [0.25, 0.3) is 0 Å². The van der Waals surface area contributed by atoms with Crippen molar-refractivity contribution in [1.82, 2.24) is 0 Å². The number of halogens is 2. The fraction of sp³-hybridized carbons (Fsp3) is 0.0455. The van der Waals surface area contributed by atoms with Gasteiger partial charge in [-0.25, -0.2) is 0 Å². The third kappa shape index (κ3) is 8.63. The zero-order valence-electron chi connectivity index (χ0n) is 28.4. The SMILES string of the molecule is [Cl-].[Cl-].[Ru+2].c1ccc(P(c2ccccc2)c2ccc3c(c2-c2c(P(c4ccccc4)c4ccccc4)ccc4c2OCO4)OCO3)cc1.c1ccccc1. The van der Waals surface area contributed by atoms with Crippen LogP contribution in [-0.4, -0.2) is 13.6 Å². The maximum Gasteiger partial charge on any atom is 2.00 e. The first kappa shape index (κ1) is 40.0. The summed E-state index contributed by atoms with van der Waals surface area (Å²) in [5.41, 5.74) is 2.02. The third-order valence-corrected chi connectivity index (χ3v) is 13.5. The fourth-order valence-corrected chi connectivity index (χ4v) is 11.2. The first-order valence-corrected chi connectivity index (χ1v) is 19.2. The fourth-order valence-electron chi connectivity index (χ4n) is 6.33. The first-order chi connectivity index (χ1) is 24.9. The van der Waals surface area contributed by atoms with E-state index in [-0.39, 0.29) is 57.9 Å². The summed E-state index contributed by atoms with van der Waals surface area (Å²) in [6.07, 6.45) is 0. The topological polar surface area (TPSA) is 36.9 Å². The summed E-state index contributed by atoms with van der Waals surface area (Å²) in [7, 11) is -1.94. The summed E-state index contributed by atoms with van der Waals surface area (Å²) in [5.74, 6) is 2.99. The van der Waals surface area contributed by atoms with Crippen molar-refractivity contribution in [3.63, 3.8) is 0 Å². The van der Waals surface area contributed by atoms with E-state index < -0.39 is 15.8 Å². The molecule has 0 radical (unpaired) electrons. The normalized spacial score (nSPS) is 11.7. The molecule has 2 aliphatic rings. The Balaban J connectivity index is 0.000000550. The molecule has 0 saturated carbocycles. The first-order valence-electron chi connectivity index (χ1n) is 16.5. The van der Waals surface area contributed by atoms with Gasteiger partial charge in [0.2, 0.25) is 13.6 Å². The van der Waals surface area contributed by atoms with E-state index in [4.69, 9.17) is 18.9 Å². The van der Waals surface area contributed by atoms with Crippen LogP contribution in [0.2, 0.25) is 0 Å². The Labute approximate surface area is 338 Å². The second-order valence-corrected chi connectivity index (χ2v) is 15.9. The molecular weight excluding hydrogens is 826 g/mol. The van der Waals surface area contributed by atoms with Gasteiger partial charge < -0.3 is 43.8 Å². The molecule has 0 atom stereocenters. The molecule has 9 rings (SSSR count). The Morgan fingerprint density at radius 2 is 0.585 bits per heavy atom. The van der Waals surface area contributed by atoms with Crippen LogP contribution in [0, 0.1) is 0 Å². The van der Waals surface area contributed by atoms with E-state index in [9.17, 15) is 0 Å². The van der Waals surface area contributed by atoms with E-state index in [1.165, 1.54) is 31.8 Å². The number of benzene rings is 7. The largest absolute Gasteiger partial charge is 2.00 e. The van der Waals surface area contributed by atoms with E-state index in [1.807, 2.05) is 36.4 Å². The number of fused-ring (bicyclic) bond motifs is 2. The van der Waals surface area contributed by atoms with Gasteiger partial charge in [-0.3, -0.25) is 0 Å². The van der Waals surface area contributed by atoms with Crippen molar-refractivity contribution >= 4 is 47.7 Å². The quantitative estimate of drug-likeness (QED) is 0.182. The summed E-state index contributed by atoms with van der Waals surface area (Å²) < 4.78 is 24.7. The van der Waals surface area contributed by atoms with Crippen LogP contribution in [0.3, 0.4) is 0 Å². The van der Waals surface area contributed by atoms with Crippen molar-refractivity contribution in [1.29, 1.82) is 0 Å². The molecule has 0 bridgehead atoms. The van der Waals surface area contributed by atoms with Crippen LogP contribution in [-0.2, 0) is 19.5 Å². The molecule has 0 aliphatic carbocycles. The van der Waals surface area contributed by atoms with Crippen LogP contribution < -0.4 is 75.6 Å². The smallest absolute Gasteiger partial charge is 1.00 e. The molecule has 0 spiro atoms. The van der Waals surface area contributed by atoms with E-state index >= 15 is 0 Å². The molecule has 0 unspecified atom stereocenters. The molecular formula is C44H34Cl2O4P2Ru. The van der Waals surface area contributed by atoms with Crippen molar-refractivity contribution in [2.45, 2.75) is 0 Å². The van der Waals surface area contributed by atoms with E-state index in [1.54, 1.807) is 0 Å². The summed E-state index contributed by atoms with van der Waals surface area (Å²) in [6.45, 7) is 0.350. The van der Waals surface area contributed by atoms with E-state index in [2.05, 4.69) is 146 Å². The average Bonchev–Trinajstić information content (AvgIpc) is 3.88. The Morgan fingerprint density at radius 1 is 0.321 bits per heavy atom. The Bertz CT molecular complexity index is 1940. The van der Waals surface area contributed by atoms with Crippen LogP contribution in [0.4, 0.5) is 0 Å². The Kier molecular flexibility index (Phi) is 14.5. The molecule has 266 valence electrons. The molecule has 9 heteroatoms. The molecule has 53 heavy (non-hydrogen) atoms. The van der Waals surface area contributed by atoms with E-state index in [0.29, 0.717) is 0 Å². The maximum atomic E-state index is 6.35. The van der Waals surface area contributed by atoms with Crippen molar-refractivity contribution in [3.05, 3.63) is 182 Å². The zero-order chi connectivity index (χ0) is 33.5. The molecule has 2 aliphatic heterocycles. The predicted molar refractivity (Wildman–Crippen MR) is 208 cm³/mol. The molecule has 2 heterocycles. The van der Waals surface area contributed by atoms with Crippen molar-refractivity contribution < 1.29 is 63.2 Å². The van der Waals surface area contributed by atoms with Gasteiger partial charge in [0, 0.05) is 11.1 Å². The molecule has 0 N–H and O–H groups in total. The molecule has 0 fully saturated rings. The number of hydrogen-bond donors (Lipinski definition) is 0. The number of hydrogen-bond acceptors (Lipinski definition) is 4. The van der Waals surface area contributed by atoms with Gasteiger partial charge in [-0.05, 0) is 71.9 Å². The standard InChI is InChI=1S/C38H28O4P2.C6H6.2ClH.Ru/c1-5-13-27(14-6-1)43(28-15-7-2-8-16-28)33-23-21-31-37(41-25-39-31)35(33)36-34(24-22-32-38(36)42-26-40-32)44(29-17-9-3-10-18-29)30-19-11-4-12-20-30;1-2-4-6-5-3-1;;;/h1-24H,25-26H2;1-6H;2*1H;/q;;;;+2/p-2. The summed E-state index contributed by atoms with van der Waals surface area (Å²) in [4.78, 5) is 0.